The molecule has 2 saturated carbocycles. The van der Waals surface area contributed by atoms with Gasteiger partial charge in [-0.25, -0.2) is 0 Å². The molecule has 2 bridgehead atoms. The normalized spacial score (nSPS) is 40.9. The van der Waals surface area contributed by atoms with Gasteiger partial charge in [0.2, 0.25) is 0 Å². The predicted molar refractivity (Wildman–Crippen MR) is 71.0 cm³/mol. The minimum atomic E-state index is 0.434. The third-order valence-corrected chi connectivity index (χ3v) is 6.16. The van der Waals surface area contributed by atoms with Crippen molar-refractivity contribution >= 4 is 11.6 Å². The van der Waals surface area contributed by atoms with Gasteiger partial charge in [0.15, 0.2) is 0 Å². The molecule has 2 aliphatic carbocycles. The lowest BCUT2D eigenvalue weighted by Crippen LogP contribution is -2.36. The van der Waals surface area contributed by atoms with Gasteiger partial charge in [0, 0.05) is 5.38 Å². The first kappa shape index (κ1) is 12.7. The fourth-order valence-corrected chi connectivity index (χ4v) is 5.00. The van der Waals surface area contributed by atoms with Crippen LogP contribution < -0.4 is 0 Å². The summed E-state index contributed by atoms with van der Waals surface area (Å²) in [6.45, 7) is 6.12. The highest BCUT2D eigenvalue weighted by molar-refractivity contribution is 6.21. The summed E-state index contributed by atoms with van der Waals surface area (Å²) in [6.07, 6.45) is 6.66. The summed E-state index contributed by atoms with van der Waals surface area (Å²) in [5.74, 6) is 0.884. The first-order valence-corrected chi connectivity index (χ1v) is 7.12. The molecule has 3 atom stereocenters. The summed E-state index contributed by atoms with van der Waals surface area (Å²) in [4.78, 5) is 2.29. The van der Waals surface area contributed by atoms with Crippen molar-refractivity contribution in [3.63, 3.8) is 0 Å². The Bertz CT molecular complexity index is 261. The van der Waals surface area contributed by atoms with E-state index in [-0.39, 0.29) is 0 Å². The van der Waals surface area contributed by atoms with Gasteiger partial charge in [0.05, 0.1) is 0 Å². The number of fused-ring (bicyclic) bond motifs is 2. The van der Waals surface area contributed by atoms with E-state index in [1.54, 1.807) is 0 Å². The quantitative estimate of drug-likeness (QED) is 0.680. The van der Waals surface area contributed by atoms with Crippen LogP contribution in [0.5, 0.6) is 0 Å². The molecular formula is C14H26ClN. The zero-order chi connectivity index (χ0) is 12.0. The molecule has 0 aromatic rings. The molecule has 16 heavy (non-hydrogen) atoms. The second kappa shape index (κ2) is 4.17. The van der Waals surface area contributed by atoms with Crippen molar-refractivity contribution < 1.29 is 0 Å². The van der Waals surface area contributed by atoms with Crippen molar-refractivity contribution in [3.8, 4) is 0 Å². The van der Waals surface area contributed by atoms with Crippen molar-refractivity contribution in [2.45, 2.75) is 51.3 Å². The SMILES string of the molecule is CN(C)CCC[C@@]12CC[C@@H](C[C@H]1Cl)C2(C)C. The fraction of sp³-hybridized carbons (Fsp3) is 1.00. The van der Waals surface area contributed by atoms with E-state index >= 15 is 0 Å². The van der Waals surface area contributed by atoms with Crippen LogP contribution in [0.25, 0.3) is 0 Å². The predicted octanol–water partition coefficient (Wildman–Crippen LogP) is 3.76. The third-order valence-electron chi connectivity index (χ3n) is 5.56. The Balaban J connectivity index is 2.04. The summed E-state index contributed by atoms with van der Waals surface area (Å²) in [5, 5.41) is 0.434. The summed E-state index contributed by atoms with van der Waals surface area (Å²) in [7, 11) is 4.32. The van der Waals surface area contributed by atoms with Gasteiger partial charge in [-0.3, -0.25) is 0 Å². The minimum Gasteiger partial charge on any atom is -0.309 e. The van der Waals surface area contributed by atoms with Gasteiger partial charge >= 0.3 is 0 Å². The minimum absolute atomic E-state index is 0.434. The smallest absolute Gasteiger partial charge is 0.0400 e. The van der Waals surface area contributed by atoms with Crippen molar-refractivity contribution in [1.82, 2.24) is 4.90 Å². The number of nitrogens with zero attached hydrogens (tertiary/aromatic N) is 1. The van der Waals surface area contributed by atoms with Crippen molar-refractivity contribution in [1.29, 1.82) is 0 Å². The maximum absolute atomic E-state index is 6.65. The van der Waals surface area contributed by atoms with Crippen LogP contribution in [0.1, 0.15) is 46.0 Å². The lowest BCUT2D eigenvalue weighted by Gasteiger charge is -2.41. The largest absolute Gasteiger partial charge is 0.309 e. The Morgan fingerprint density at radius 1 is 1.31 bits per heavy atom. The molecule has 0 heterocycles. The molecule has 2 fully saturated rings. The zero-order valence-corrected chi connectivity index (χ0v) is 12.0. The summed E-state index contributed by atoms with van der Waals surface area (Å²) in [5.41, 5.74) is 0.918. The Kier molecular flexibility index (Phi) is 3.31. The first-order chi connectivity index (χ1) is 7.40. The second-order valence-electron chi connectivity index (χ2n) is 6.72. The fourth-order valence-electron chi connectivity index (χ4n) is 4.28. The van der Waals surface area contributed by atoms with Gasteiger partial charge < -0.3 is 4.90 Å². The van der Waals surface area contributed by atoms with Gasteiger partial charge in [-0.1, -0.05) is 13.8 Å². The Hall–Kier alpha value is 0.250. The van der Waals surface area contributed by atoms with E-state index in [0.717, 1.165) is 5.92 Å². The molecule has 0 aliphatic heterocycles. The maximum atomic E-state index is 6.65. The van der Waals surface area contributed by atoms with E-state index in [9.17, 15) is 0 Å². The highest BCUT2D eigenvalue weighted by Crippen LogP contribution is 2.68. The summed E-state index contributed by atoms with van der Waals surface area (Å²) < 4.78 is 0. The van der Waals surface area contributed by atoms with Gasteiger partial charge in [-0.15, -0.1) is 11.6 Å². The number of hydrogen-bond acceptors (Lipinski definition) is 1. The van der Waals surface area contributed by atoms with Crippen LogP contribution in [0.4, 0.5) is 0 Å². The highest BCUT2D eigenvalue weighted by Gasteiger charge is 2.62. The topological polar surface area (TPSA) is 3.24 Å². The number of hydrogen-bond donors (Lipinski definition) is 0. The van der Waals surface area contributed by atoms with E-state index in [2.05, 4.69) is 32.8 Å². The zero-order valence-electron chi connectivity index (χ0n) is 11.2. The lowest BCUT2D eigenvalue weighted by molar-refractivity contribution is 0.112. The van der Waals surface area contributed by atoms with Crippen molar-refractivity contribution in [2.75, 3.05) is 20.6 Å². The standard InChI is InChI=1S/C14H26ClN/c1-13(2)11-6-8-14(13,12(15)10-11)7-5-9-16(3)4/h11-12H,5-10H2,1-4H3/t11-,12+,14+/m0/s1. The molecule has 0 amide bonds. The van der Waals surface area contributed by atoms with E-state index in [1.165, 1.54) is 38.6 Å². The number of halogens is 1. The molecule has 2 aliphatic rings. The molecule has 2 rings (SSSR count). The second-order valence-corrected chi connectivity index (χ2v) is 7.25. The summed E-state index contributed by atoms with van der Waals surface area (Å²) >= 11 is 6.65. The molecule has 0 aromatic carbocycles. The number of rotatable bonds is 4. The average molecular weight is 244 g/mol. The first-order valence-electron chi connectivity index (χ1n) is 6.69. The monoisotopic (exact) mass is 243 g/mol. The van der Waals surface area contributed by atoms with Gasteiger partial charge in [0.1, 0.15) is 0 Å². The molecule has 0 N–H and O–H groups in total. The molecular weight excluding hydrogens is 218 g/mol. The van der Waals surface area contributed by atoms with Crippen LogP contribution in [-0.2, 0) is 0 Å². The van der Waals surface area contributed by atoms with E-state index in [0.29, 0.717) is 16.2 Å². The van der Waals surface area contributed by atoms with Crippen LogP contribution in [0.2, 0.25) is 0 Å². The molecule has 0 radical (unpaired) electrons. The van der Waals surface area contributed by atoms with Crippen LogP contribution >= 0.6 is 11.6 Å². The van der Waals surface area contributed by atoms with E-state index in [1.807, 2.05) is 0 Å². The molecule has 1 nitrogen and oxygen atoms in total. The van der Waals surface area contributed by atoms with Crippen LogP contribution in [0.15, 0.2) is 0 Å². The van der Waals surface area contributed by atoms with Crippen LogP contribution in [0.3, 0.4) is 0 Å². The molecule has 0 saturated heterocycles. The van der Waals surface area contributed by atoms with Gasteiger partial charge in [0.25, 0.3) is 0 Å². The Labute approximate surface area is 106 Å². The van der Waals surface area contributed by atoms with E-state index < -0.39 is 0 Å². The Morgan fingerprint density at radius 2 is 2.00 bits per heavy atom. The molecule has 2 heteroatoms. The molecule has 94 valence electrons. The van der Waals surface area contributed by atoms with Crippen LogP contribution in [-0.4, -0.2) is 30.9 Å². The Morgan fingerprint density at radius 3 is 2.44 bits per heavy atom. The lowest BCUT2D eigenvalue weighted by atomic mass is 9.66. The number of alkyl halides is 1. The third kappa shape index (κ3) is 1.71. The highest BCUT2D eigenvalue weighted by atomic mass is 35.5. The van der Waals surface area contributed by atoms with Crippen LogP contribution in [0, 0.1) is 16.7 Å². The molecule has 0 aromatic heterocycles. The molecule has 0 unspecified atom stereocenters. The average Bonchev–Trinajstić information content (AvgIpc) is 2.50. The summed E-state index contributed by atoms with van der Waals surface area (Å²) in [6, 6.07) is 0. The van der Waals surface area contributed by atoms with Crippen molar-refractivity contribution in [3.05, 3.63) is 0 Å². The van der Waals surface area contributed by atoms with Crippen molar-refractivity contribution in [2.24, 2.45) is 16.7 Å². The van der Waals surface area contributed by atoms with Gasteiger partial charge in [-0.05, 0) is 69.5 Å². The molecule has 0 spiro atoms. The van der Waals surface area contributed by atoms with Gasteiger partial charge in [-0.2, -0.15) is 0 Å². The maximum Gasteiger partial charge on any atom is 0.0400 e. The van der Waals surface area contributed by atoms with E-state index in [4.69, 9.17) is 11.6 Å².